The lowest BCUT2D eigenvalue weighted by Gasteiger charge is -2.05. The summed E-state index contributed by atoms with van der Waals surface area (Å²) in [5, 5.41) is 3.92. The average molecular weight is 512 g/mol. The first kappa shape index (κ1) is 24.5. The number of aryl methyl sites for hydroxylation is 1. The zero-order chi connectivity index (χ0) is 24.8. The van der Waals surface area contributed by atoms with Gasteiger partial charge in [-0.1, -0.05) is 23.5 Å². The van der Waals surface area contributed by atoms with Gasteiger partial charge in [-0.3, -0.25) is 19.5 Å². The highest BCUT2D eigenvalue weighted by atomic mass is 32.2. The number of carbonyl (C=O) groups excluding carboxylic acids is 2. The molecule has 0 saturated heterocycles. The Hall–Kier alpha value is -3.58. The van der Waals surface area contributed by atoms with E-state index in [1.165, 1.54) is 46.4 Å². The summed E-state index contributed by atoms with van der Waals surface area (Å²) in [7, 11) is 0. The van der Waals surface area contributed by atoms with E-state index in [0.717, 1.165) is 5.69 Å². The largest absolute Gasteiger partial charge is 0.465 e. The fourth-order valence-corrected chi connectivity index (χ4v) is 4.17. The van der Waals surface area contributed by atoms with Crippen LogP contribution in [-0.4, -0.2) is 64.9 Å². The molecule has 4 heterocycles. The van der Waals surface area contributed by atoms with Gasteiger partial charge in [-0.25, -0.2) is 29.4 Å². The molecule has 4 rings (SSSR count). The van der Waals surface area contributed by atoms with Crippen molar-refractivity contribution in [3.63, 3.8) is 0 Å². The van der Waals surface area contributed by atoms with Gasteiger partial charge in [0.2, 0.25) is 0 Å². The van der Waals surface area contributed by atoms with E-state index in [4.69, 9.17) is 4.74 Å². The molecule has 0 saturated carbocycles. The molecule has 1 N–H and O–H groups in total. The number of H-pyrrole nitrogens is 1. The number of aromatic amines is 1. The number of nitrogens with one attached hydrogen (secondary N) is 1. The molecule has 11 nitrogen and oxygen atoms in total. The van der Waals surface area contributed by atoms with Crippen LogP contribution in [0.5, 0.6) is 0 Å². The van der Waals surface area contributed by atoms with E-state index in [2.05, 4.69) is 30.0 Å². The third-order valence-corrected chi connectivity index (χ3v) is 6.17. The summed E-state index contributed by atoms with van der Waals surface area (Å²) in [6, 6.07) is 6.37. The summed E-state index contributed by atoms with van der Waals surface area (Å²) in [6.07, 6.45) is 5.08. The summed E-state index contributed by atoms with van der Waals surface area (Å²) < 4.78 is 6.54. The minimum absolute atomic E-state index is 0.167. The highest BCUT2D eigenvalue weighted by Gasteiger charge is 2.15. The number of fused-ring (bicyclic) bond motifs is 1. The zero-order valence-electron chi connectivity index (χ0n) is 18.9. The Morgan fingerprint density at radius 1 is 1.06 bits per heavy atom. The van der Waals surface area contributed by atoms with E-state index in [-0.39, 0.29) is 24.3 Å². The molecule has 0 spiro atoms. The van der Waals surface area contributed by atoms with Gasteiger partial charge in [-0.15, -0.1) is 0 Å². The van der Waals surface area contributed by atoms with Crippen LogP contribution in [0.25, 0.3) is 17.0 Å². The number of nitrogens with zero attached hydrogens (tertiary/aromatic N) is 6. The Bertz CT molecular complexity index is 1440. The number of Topliss-reactive ketones (excluding diaryl/α,β-unsaturated/α-hetero) is 1. The molecule has 0 unspecified atom stereocenters. The van der Waals surface area contributed by atoms with Crippen molar-refractivity contribution in [1.82, 2.24) is 34.5 Å². The first-order valence-electron chi connectivity index (χ1n) is 10.5. The normalized spacial score (nSPS) is 11.0. The second-order valence-corrected chi connectivity index (χ2v) is 9.12. The molecule has 35 heavy (non-hydrogen) atoms. The summed E-state index contributed by atoms with van der Waals surface area (Å²) in [4.78, 5) is 57.8. The van der Waals surface area contributed by atoms with Crippen LogP contribution in [0.15, 0.2) is 51.8 Å². The van der Waals surface area contributed by atoms with Gasteiger partial charge in [-0.05, 0) is 31.7 Å². The lowest BCUT2D eigenvalue weighted by Crippen LogP contribution is -2.14. The second kappa shape index (κ2) is 11.2. The molecule has 0 amide bonds. The molecular formula is C22H21N7O4S2. The first-order chi connectivity index (χ1) is 16.9. The minimum Gasteiger partial charge on any atom is -0.465 e. The molecule has 4 aromatic rings. The molecule has 0 radical (unpaired) electrons. The van der Waals surface area contributed by atoms with Gasteiger partial charge in [0.25, 0.3) is 5.56 Å². The SMILES string of the molecule is CSc1nccc(C(=O)CC(=O)OCCCSc2nccc(-c3cc(=O)n4[nH]c(C)cc4n3)n2)n1. The Labute approximate surface area is 208 Å². The van der Waals surface area contributed by atoms with Gasteiger partial charge in [0, 0.05) is 36.0 Å². The number of hydrogen-bond acceptors (Lipinski definition) is 11. The molecule has 0 fully saturated rings. The Kier molecular flexibility index (Phi) is 7.87. The van der Waals surface area contributed by atoms with E-state index in [1.807, 2.05) is 6.92 Å². The topological polar surface area (TPSA) is 145 Å². The van der Waals surface area contributed by atoms with E-state index in [0.29, 0.717) is 39.5 Å². The van der Waals surface area contributed by atoms with E-state index in [1.54, 1.807) is 24.6 Å². The van der Waals surface area contributed by atoms with Crippen molar-refractivity contribution in [2.45, 2.75) is 30.1 Å². The van der Waals surface area contributed by atoms with Gasteiger partial charge in [0.05, 0.1) is 18.0 Å². The van der Waals surface area contributed by atoms with Crippen molar-refractivity contribution in [2.75, 3.05) is 18.6 Å². The van der Waals surface area contributed by atoms with Crippen LogP contribution in [-0.2, 0) is 9.53 Å². The maximum Gasteiger partial charge on any atom is 0.313 e. The number of thioether (sulfide) groups is 2. The van der Waals surface area contributed by atoms with Crippen LogP contribution in [0.2, 0.25) is 0 Å². The second-order valence-electron chi connectivity index (χ2n) is 7.29. The molecule has 0 aromatic carbocycles. The van der Waals surface area contributed by atoms with Gasteiger partial charge in [0.1, 0.15) is 12.1 Å². The average Bonchev–Trinajstić information content (AvgIpc) is 3.25. The number of esters is 1. The molecule has 0 aliphatic heterocycles. The van der Waals surface area contributed by atoms with E-state index < -0.39 is 11.8 Å². The molecule has 13 heteroatoms. The Balaban J connectivity index is 1.26. The number of aromatic nitrogens is 7. The summed E-state index contributed by atoms with van der Waals surface area (Å²) in [5.74, 6) is -0.413. The third-order valence-electron chi connectivity index (χ3n) is 4.66. The van der Waals surface area contributed by atoms with Gasteiger partial charge >= 0.3 is 5.97 Å². The monoisotopic (exact) mass is 511 g/mol. The summed E-state index contributed by atoms with van der Waals surface area (Å²) in [6.45, 7) is 2.02. The minimum atomic E-state index is -0.602. The van der Waals surface area contributed by atoms with Crippen LogP contribution in [0.1, 0.15) is 29.0 Å². The van der Waals surface area contributed by atoms with Crippen molar-refractivity contribution >= 4 is 40.9 Å². The first-order valence-corrected chi connectivity index (χ1v) is 12.8. The molecule has 0 atom stereocenters. The van der Waals surface area contributed by atoms with Crippen molar-refractivity contribution in [1.29, 1.82) is 0 Å². The van der Waals surface area contributed by atoms with Gasteiger partial charge in [-0.2, -0.15) is 0 Å². The highest BCUT2D eigenvalue weighted by molar-refractivity contribution is 7.99. The highest BCUT2D eigenvalue weighted by Crippen LogP contribution is 2.19. The van der Waals surface area contributed by atoms with E-state index >= 15 is 0 Å². The standard InChI is InChI=1S/C22H21N7O4S2/c1-13-10-18-25-16(11-19(31)29(18)28-13)14-4-6-24-22(26-14)35-9-3-8-33-20(32)12-17(30)15-5-7-23-21(27-15)34-2/h4-7,10-11,28H,3,8-9,12H2,1-2H3. The van der Waals surface area contributed by atoms with Crippen LogP contribution >= 0.6 is 23.5 Å². The van der Waals surface area contributed by atoms with E-state index in [9.17, 15) is 14.4 Å². The maximum absolute atomic E-state index is 12.3. The number of ether oxygens (including phenoxy) is 1. The van der Waals surface area contributed by atoms with Crippen LogP contribution in [0.3, 0.4) is 0 Å². The van der Waals surface area contributed by atoms with Crippen molar-refractivity contribution in [3.8, 4) is 11.4 Å². The lowest BCUT2D eigenvalue weighted by atomic mass is 10.2. The predicted molar refractivity (Wildman–Crippen MR) is 131 cm³/mol. The molecule has 180 valence electrons. The Morgan fingerprint density at radius 2 is 1.86 bits per heavy atom. The molecule has 0 aliphatic rings. The predicted octanol–water partition coefficient (Wildman–Crippen LogP) is 2.60. The number of hydrogen-bond donors (Lipinski definition) is 1. The third kappa shape index (κ3) is 6.31. The Morgan fingerprint density at radius 3 is 2.69 bits per heavy atom. The zero-order valence-corrected chi connectivity index (χ0v) is 20.6. The van der Waals surface area contributed by atoms with Gasteiger partial charge in [0.15, 0.2) is 21.7 Å². The molecule has 0 bridgehead atoms. The quantitative estimate of drug-likeness (QED) is 0.0837. The number of ketones is 1. The summed E-state index contributed by atoms with van der Waals surface area (Å²) in [5.41, 5.74) is 2.31. The van der Waals surface area contributed by atoms with Crippen LogP contribution in [0.4, 0.5) is 0 Å². The van der Waals surface area contributed by atoms with Crippen molar-refractivity contribution < 1.29 is 14.3 Å². The fraction of sp³-hybridized carbons (Fsp3) is 0.273. The van der Waals surface area contributed by atoms with Crippen molar-refractivity contribution in [2.24, 2.45) is 0 Å². The van der Waals surface area contributed by atoms with Crippen LogP contribution < -0.4 is 5.56 Å². The smallest absolute Gasteiger partial charge is 0.313 e. The lowest BCUT2D eigenvalue weighted by molar-refractivity contribution is -0.142. The number of carbonyl (C=O) groups is 2. The fourth-order valence-electron chi connectivity index (χ4n) is 3.07. The molecular weight excluding hydrogens is 490 g/mol. The maximum atomic E-state index is 12.3. The molecule has 0 aliphatic carbocycles. The summed E-state index contributed by atoms with van der Waals surface area (Å²) >= 11 is 2.71. The van der Waals surface area contributed by atoms with Gasteiger partial charge < -0.3 is 4.74 Å². The number of rotatable bonds is 10. The van der Waals surface area contributed by atoms with Crippen LogP contribution in [0, 0.1) is 6.92 Å². The molecule has 4 aromatic heterocycles. The van der Waals surface area contributed by atoms with Crippen molar-refractivity contribution in [3.05, 3.63) is 58.4 Å².